The molecule has 0 spiro atoms. The van der Waals surface area contributed by atoms with Crippen LogP contribution in [0.1, 0.15) is 65.3 Å². The van der Waals surface area contributed by atoms with Crippen LogP contribution >= 0.6 is 0 Å². The fraction of sp³-hybridized carbons (Fsp3) is 0.565. The van der Waals surface area contributed by atoms with Gasteiger partial charge in [0.25, 0.3) is 5.91 Å². The molecule has 2 aliphatic rings. The number of ether oxygens (including phenoxy) is 1. The Bertz CT molecular complexity index is 835. The Kier molecular flexibility index (Phi) is 6.19. The van der Waals surface area contributed by atoms with Crippen LogP contribution in [-0.2, 0) is 6.54 Å². The highest BCUT2D eigenvalue weighted by molar-refractivity contribution is 5.94. The lowest BCUT2D eigenvalue weighted by atomic mass is 10.0. The van der Waals surface area contributed by atoms with Crippen molar-refractivity contribution in [2.24, 2.45) is 0 Å². The first-order chi connectivity index (χ1) is 14.1. The second-order valence-electron chi connectivity index (χ2n) is 8.29. The molecule has 1 fully saturated rings. The molecule has 4 rings (SSSR count). The quantitative estimate of drug-likeness (QED) is 0.838. The molecular formula is C23H32N4O2. The summed E-state index contributed by atoms with van der Waals surface area (Å²) < 4.78 is 7.53. The Hall–Kier alpha value is -2.34. The van der Waals surface area contributed by atoms with Gasteiger partial charge in [-0.1, -0.05) is 42.7 Å². The number of nitrogens with one attached hydrogen (secondary N) is 1. The van der Waals surface area contributed by atoms with Gasteiger partial charge in [0.2, 0.25) is 5.88 Å². The van der Waals surface area contributed by atoms with Crippen molar-refractivity contribution in [3.63, 3.8) is 0 Å². The topological polar surface area (TPSA) is 59.4 Å². The molecule has 2 aromatic rings. The first kappa shape index (κ1) is 20.0. The average molecular weight is 397 g/mol. The summed E-state index contributed by atoms with van der Waals surface area (Å²) in [5.74, 6) is 0.629. The van der Waals surface area contributed by atoms with Crippen LogP contribution in [0.2, 0.25) is 0 Å². The third-order valence-electron chi connectivity index (χ3n) is 6.10. The van der Waals surface area contributed by atoms with Gasteiger partial charge in [0.05, 0.1) is 12.6 Å². The summed E-state index contributed by atoms with van der Waals surface area (Å²) in [7, 11) is 0. The minimum absolute atomic E-state index is 0.111. The first-order valence-corrected chi connectivity index (χ1v) is 10.9. The van der Waals surface area contributed by atoms with Gasteiger partial charge in [-0.05, 0) is 45.3 Å². The van der Waals surface area contributed by atoms with Crippen molar-refractivity contribution in [1.82, 2.24) is 20.0 Å². The largest absolute Gasteiger partial charge is 0.478 e. The van der Waals surface area contributed by atoms with Gasteiger partial charge in [0, 0.05) is 25.1 Å². The number of hydrogen-bond acceptors (Lipinski definition) is 4. The van der Waals surface area contributed by atoms with Gasteiger partial charge in [0.1, 0.15) is 0 Å². The molecule has 0 bridgehead atoms. The Balaban J connectivity index is 1.50. The summed E-state index contributed by atoms with van der Waals surface area (Å²) >= 11 is 0. The molecule has 1 unspecified atom stereocenters. The lowest BCUT2D eigenvalue weighted by molar-refractivity contribution is 0.0926. The predicted octanol–water partition coefficient (Wildman–Crippen LogP) is 3.63. The Morgan fingerprint density at radius 3 is 2.48 bits per heavy atom. The average Bonchev–Trinajstić information content (AvgIpc) is 2.90. The minimum Gasteiger partial charge on any atom is -0.478 e. The van der Waals surface area contributed by atoms with Crippen molar-refractivity contribution in [1.29, 1.82) is 0 Å². The van der Waals surface area contributed by atoms with E-state index in [1.165, 1.54) is 36.8 Å². The van der Waals surface area contributed by atoms with E-state index in [1.807, 2.05) is 11.6 Å². The number of fused-ring (bicyclic) bond motifs is 1. The van der Waals surface area contributed by atoms with Gasteiger partial charge in [-0.25, -0.2) is 4.68 Å². The number of carbonyl (C=O) groups excluding carboxylic acids is 1. The number of hydrogen-bond donors (Lipinski definition) is 1. The molecule has 1 N–H and O–H groups in total. The zero-order valence-corrected chi connectivity index (χ0v) is 17.6. The van der Waals surface area contributed by atoms with Crippen LogP contribution in [0.25, 0.3) is 0 Å². The highest BCUT2D eigenvalue weighted by Gasteiger charge is 2.26. The molecule has 6 heteroatoms. The van der Waals surface area contributed by atoms with E-state index in [1.54, 1.807) is 0 Å². The molecule has 1 amide bonds. The van der Waals surface area contributed by atoms with Gasteiger partial charge in [-0.15, -0.1) is 0 Å². The van der Waals surface area contributed by atoms with Gasteiger partial charge < -0.3 is 10.1 Å². The van der Waals surface area contributed by atoms with Gasteiger partial charge in [-0.3, -0.25) is 9.69 Å². The summed E-state index contributed by atoms with van der Waals surface area (Å²) in [6.07, 6.45) is 5.96. The molecule has 156 valence electrons. The molecule has 2 aliphatic heterocycles. The maximum Gasteiger partial charge on any atom is 0.272 e. The highest BCUT2D eigenvalue weighted by atomic mass is 16.5. The van der Waals surface area contributed by atoms with E-state index in [2.05, 4.69) is 46.5 Å². The zero-order valence-electron chi connectivity index (χ0n) is 17.6. The standard InChI is InChI=1S/C23H32N4O2/c1-17-8-10-19(11-9-17)20(26-12-5-3-4-6-13-26)16-24-22(28)21-18(2)23-27(25-21)14-7-15-29-23/h8-11,20H,3-7,12-16H2,1-2H3,(H,24,28). The summed E-state index contributed by atoms with van der Waals surface area (Å²) in [6, 6.07) is 8.91. The second-order valence-corrected chi connectivity index (χ2v) is 8.29. The molecule has 1 aromatic carbocycles. The van der Waals surface area contributed by atoms with Crippen molar-refractivity contribution in [3.05, 3.63) is 46.6 Å². The second kappa shape index (κ2) is 8.99. The number of benzene rings is 1. The highest BCUT2D eigenvalue weighted by Crippen LogP contribution is 2.26. The number of likely N-dealkylation sites (tertiary alicyclic amines) is 1. The molecule has 1 aromatic heterocycles. The number of carbonyl (C=O) groups is 1. The molecular weight excluding hydrogens is 364 g/mol. The zero-order chi connectivity index (χ0) is 20.2. The van der Waals surface area contributed by atoms with E-state index >= 15 is 0 Å². The van der Waals surface area contributed by atoms with Gasteiger partial charge in [0.15, 0.2) is 5.69 Å². The van der Waals surface area contributed by atoms with Gasteiger partial charge >= 0.3 is 0 Å². The summed E-state index contributed by atoms with van der Waals surface area (Å²) in [4.78, 5) is 15.5. The summed E-state index contributed by atoms with van der Waals surface area (Å²) in [5, 5.41) is 7.67. The summed E-state index contributed by atoms with van der Waals surface area (Å²) in [5.41, 5.74) is 3.85. The number of rotatable bonds is 5. The molecule has 0 saturated carbocycles. The van der Waals surface area contributed by atoms with Crippen LogP contribution in [0.15, 0.2) is 24.3 Å². The summed E-state index contributed by atoms with van der Waals surface area (Å²) in [6.45, 7) is 8.29. The Morgan fingerprint density at radius 2 is 1.79 bits per heavy atom. The molecule has 1 saturated heterocycles. The van der Waals surface area contributed by atoms with Crippen LogP contribution in [0, 0.1) is 13.8 Å². The van der Waals surface area contributed by atoms with E-state index in [0.29, 0.717) is 18.8 Å². The van der Waals surface area contributed by atoms with Crippen LogP contribution in [0.3, 0.4) is 0 Å². The Labute approximate surface area is 173 Å². The van der Waals surface area contributed by atoms with Crippen molar-refractivity contribution in [2.75, 3.05) is 26.2 Å². The maximum atomic E-state index is 13.0. The number of amides is 1. The molecule has 0 aliphatic carbocycles. The molecule has 29 heavy (non-hydrogen) atoms. The SMILES string of the molecule is Cc1ccc(C(CNC(=O)c2nn3c(c2C)OCCC3)N2CCCCCC2)cc1. The van der Waals surface area contributed by atoms with E-state index in [0.717, 1.165) is 37.5 Å². The van der Waals surface area contributed by atoms with Crippen LogP contribution in [-0.4, -0.2) is 46.8 Å². The predicted molar refractivity (Wildman–Crippen MR) is 113 cm³/mol. The van der Waals surface area contributed by atoms with E-state index in [9.17, 15) is 4.79 Å². The fourth-order valence-electron chi connectivity index (χ4n) is 4.40. The van der Waals surface area contributed by atoms with Crippen LogP contribution in [0.5, 0.6) is 5.88 Å². The third kappa shape index (κ3) is 4.47. The number of aryl methyl sites for hydroxylation is 2. The van der Waals surface area contributed by atoms with E-state index < -0.39 is 0 Å². The fourth-order valence-corrected chi connectivity index (χ4v) is 4.40. The van der Waals surface area contributed by atoms with Crippen LogP contribution < -0.4 is 10.1 Å². The Morgan fingerprint density at radius 1 is 1.07 bits per heavy atom. The van der Waals surface area contributed by atoms with E-state index in [4.69, 9.17) is 4.74 Å². The van der Waals surface area contributed by atoms with Crippen molar-refractivity contribution < 1.29 is 9.53 Å². The van der Waals surface area contributed by atoms with E-state index in [-0.39, 0.29) is 11.9 Å². The first-order valence-electron chi connectivity index (χ1n) is 10.9. The molecule has 1 atom stereocenters. The van der Waals surface area contributed by atoms with Gasteiger partial charge in [-0.2, -0.15) is 5.10 Å². The van der Waals surface area contributed by atoms with Crippen LogP contribution in [0.4, 0.5) is 0 Å². The lowest BCUT2D eigenvalue weighted by Crippen LogP contribution is -2.39. The monoisotopic (exact) mass is 396 g/mol. The number of aromatic nitrogens is 2. The van der Waals surface area contributed by atoms with Crippen molar-refractivity contribution in [2.45, 2.75) is 58.5 Å². The minimum atomic E-state index is -0.111. The molecule has 3 heterocycles. The third-order valence-corrected chi connectivity index (χ3v) is 6.10. The maximum absolute atomic E-state index is 13.0. The van der Waals surface area contributed by atoms with Crippen molar-refractivity contribution >= 4 is 5.91 Å². The van der Waals surface area contributed by atoms with Crippen molar-refractivity contribution in [3.8, 4) is 5.88 Å². The molecule has 0 radical (unpaired) electrons. The lowest BCUT2D eigenvalue weighted by Gasteiger charge is -2.31. The number of nitrogens with zero attached hydrogens (tertiary/aromatic N) is 3. The normalized spacial score (nSPS) is 18.4. The molecule has 6 nitrogen and oxygen atoms in total. The smallest absolute Gasteiger partial charge is 0.272 e.